The van der Waals surface area contributed by atoms with Crippen LogP contribution in [0.2, 0.25) is 0 Å². The topological polar surface area (TPSA) is 84.9 Å². The molecule has 2 aromatic carbocycles. The third-order valence-corrected chi connectivity index (χ3v) is 4.53. The minimum absolute atomic E-state index is 0.115. The molecule has 27 heavy (non-hydrogen) atoms. The van der Waals surface area contributed by atoms with Gasteiger partial charge in [0.25, 0.3) is 0 Å². The zero-order chi connectivity index (χ0) is 19.2. The molecule has 1 heterocycles. The molecule has 0 aliphatic carbocycles. The molecular weight excluding hydrogens is 346 g/mol. The molecule has 0 radical (unpaired) electrons. The lowest BCUT2D eigenvalue weighted by molar-refractivity contribution is -0.139. The van der Waals surface area contributed by atoms with Crippen LogP contribution in [0.1, 0.15) is 30.1 Å². The number of anilines is 1. The average molecular weight is 369 g/mol. The van der Waals surface area contributed by atoms with Gasteiger partial charge in [0.2, 0.25) is 5.91 Å². The van der Waals surface area contributed by atoms with Gasteiger partial charge in [0.15, 0.2) is 6.61 Å². The van der Waals surface area contributed by atoms with Crippen molar-refractivity contribution in [3.63, 3.8) is 0 Å². The van der Waals surface area contributed by atoms with Crippen molar-refractivity contribution in [1.29, 1.82) is 0 Å². The van der Waals surface area contributed by atoms with Gasteiger partial charge in [-0.2, -0.15) is 0 Å². The van der Waals surface area contributed by atoms with Gasteiger partial charge < -0.3 is 19.9 Å². The molecule has 0 aromatic heterocycles. The average Bonchev–Trinajstić information content (AvgIpc) is 2.67. The molecule has 0 saturated carbocycles. The molecule has 6 heteroatoms. The summed E-state index contributed by atoms with van der Waals surface area (Å²) in [4.78, 5) is 23.5. The maximum atomic E-state index is 12.9. The van der Waals surface area contributed by atoms with E-state index in [0.29, 0.717) is 18.0 Å². The van der Waals surface area contributed by atoms with Gasteiger partial charge in [-0.3, -0.25) is 4.79 Å². The summed E-state index contributed by atoms with van der Waals surface area (Å²) in [5, 5.41) is 11.6. The van der Waals surface area contributed by atoms with Crippen molar-refractivity contribution in [3.05, 3.63) is 59.7 Å². The number of carboxylic acids is 1. The molecule has 6 nitrogen and oxygen atoms in total. The van der Waals surface area contributed by atoms with Crippen LogP contribution in [0, 0.1) is 12.8 Å². The summed E-state index contributed by atoms with van der Waals surface area (Å²) in [7, 11) is 0. The van der Waals surface area contributed by atoms with E-state index in [2.05, 4.69) is 5.32 Å². The lowest BCUT2D eigenvalue weighted by atomic mass is 9.88. The normalized spacial score (nSPS) is 19.3. The van der Waals surface area contributed by atoms with Gasteiger partial charge in [0, 0.05) is 18.4 Å². The fourth-order valence-electron chi connectivity index (χ4n) is 3.18. The largest absolute Gasteiger partial charge is 0.482 e. The van der Waals surface area contributed by atoms with Gasteiger partial charge in [-0.15, -0.1) is 0 Å². The van der Waals surface area contributed by atoms with Gasteiger partial charge in [-0.1, -0.05) is 35.9 Å². The number of hydrogen-bond acceptors (Lipinski definition) is 4. The molecule has 3 rings (SSSR count). The van der Waals surface area contributed by atoms with Crippen molar-refractivity contribution < 1.29 is 24.2 Å². The van der Waals surface area contributed by atoms with Crippen LogP contribution < -0.4 is 10.1 Å². The minimum Gasteiger partial charge on any atom is -0.482 e. The second-order valence-corrected chi connectivity index (χ2v) is 6.65. The van der Waals surface area contributed by atoms with Gasteiger partial charge in [0.1, 0.15) is 5.75 Å². The number of aliphatic carboxylic acids is 1. The first-order valence-electron chi connectivity index (χ1n) is 8.96. The summed E-state index contributed by atoms with van der Waals surface area (Å²) in [5.74, 6) is -1.06. The van der Waals surface area contributed by atoms with Crippen molar-refractivity contribution in [2.45, 2.75) is 25.9 Å². The van der Waals surface area contributed by atoms with Crippen LogP contribution >= 0.6 is 0 Å². The lowest BCUT2D eigenvalue weighted by Gasteiger charge is -2.31. The Morgan fingerprint density at radius 2 is 2.00 bits per heavy atom. The maximum absolute atomic E-state index is 12.9. The number of carbonyl (C=O) groups excluding carboxylic acids is 1. The first-order valence-corrected chi connectivity index (χ1v) is 8.96. The predicted octanol–water partition coefficient (Wildman–Crippen LogP) is 3.56. The molecular formula is C21H23NO5. The highest BCUT2D eigenvalue weighted by Crippen LogP contribution is 2.34. The fraction of sp³-hybridized carbons (Fsp3) is 0.333. The van der Waals surface area contributed by atoms with E-state index in [1.165, 1.54) is 0 Å². The molecule has 2 N–H and O–H groups in total. The summed E-state index contributed by atoms with van der Waals surface area (Å²) in [6, 6.07) is 14.8. The molecule has 1 fully saturated rings. The van der Waals surface area contributed by atoms with E-state index in [1.54, 1.807) is 24.3 Å². The van der Waals surface area contributed by atoms with E-state index >= 15 is 0 Å². The summed E-state index contributed by atoms with van der Waals surface area (Å²) in [5.41, 5.74) is 2.73. The highest BCUT2D eigenvalue weighted by molar-refractivity contribution is 5.93. The van der Waals surface area contributed by atoms with Gasteiger partial charge in [-0.05, 0) is 37.5 Å². The van der Waals surface area contributed by atoms with Gasteiger partial charge >= 0.3 is 5.97 Å². The Bertz CT molecular complexity index is 802. The number of benzene rings is 2. The van der Waals surface area contributed by atoms with Crippen LogP contribution in [0.3, 0.4) is 0 Å². The van der Waals surface area contributed by atoms with E-state index in [9.17, 15) is 9.59 Å². The second-order valence-electron chi connectivity index (χ2n) is 6.65. The third kappa shape index (κ3) is 5.08. The molecule has 1 amide bonds. The lowest BCUT2D eigenvalue weighted by Crippen LogP contribution is -2.33. The zero-order valence-corrected chi connectivity index (χ0v) is 15.2. The highest BCUT2D eigenvalue weighted by atomic mass is 16.5. The van der Waals surface area contributed by atoms with Gasteiger partial charge in [0.05, 0.1) is 12.0 Å². The Kier molecular flexibility index (Phi) is 6.08. The molecule has 1 aliphatic rings. The van der Waals surface area contributed by atoms with Gasteiger partial charge in [-0.25, -0.2) is 4.79 Å². The molecule has 2 unspecified atom stereocenters. The van der Waals surface area contributed by atoms with Crippen LogP contribution in [-0.2, 0) is 14.3 Å². The van der Waals surface area contributed by atoms with Crippen LogP contribution in [0.4, 0.5) is 5.69 Å². The minimum atomic E-state index is -1.05. The molecule has 1 saturated heterocycles. The van der Waals surface area contributed by atoms with E-state index in [0.717, 1.165) is 24.0 Å². The Balaban J connectivity index is 1.71. The number of carboxylic acid groups (broad SMARTS) is 1. The van der Waals surface area contributed by atoms with Crippen molar-refractivity contribution in [2.24, 2.45) is 5.92 Å². The monoisotopic (exact) mass is 369 g/mol. The van der Waals surface area contributed by atoms with E-state index in [1.807, 2.05) is 31.2 Å². The maximum Gasteiger partial charge on any atom is 0.341 e. The molecule has 1 aliphatic heterocycles. The second kappa shape index (κ2) is 8.68. The SMILES string of the molecule is Cc1ccc(C2OCCCC2C(=O)Nc2cccc(OCC(=O)O)c2)cc1. The van der Waals surface area contributed by atoms with Crippen LogP contribution in [0.5, 0.6) is 5.75 Å². The van der Waals surface area contributed by atoms with Crippen LogP contribution in [0.15, 0.2) is 48.5 Å². The Labute approximate surface area is 158 Å². The van der Waals surface area contributed by atoms with Crippen LogP contribution in [0.25, 0.3) is 0 Å². The summed E-state index contributed by atoms with van der Waals surface area (Å²) in [6.07, 6.45) is 1.31. The van der Waals surface area contributed by atoms with E-state index in [-0.39, 0.29) is 17.9 Å². The molecule has 0 bridgehead atoms. The standard InChI is InChI=1S/C21H23NO5/c1-14-7-9-15(10-8-14)20-18(6-3-11-26-20)21(25)22-16-4-2-5-17(12-16)27-13-19(23)24/h2,4-5,7-10,12,18,20H,3,6,11,13H2,1H3,(H,22,25)(H,23,24). The van der Waals surface area contributed by atoms with Crippen molar-refractivity contribution in [2.75, 3.05) is 18.5 Å². The first-order chi connectivity index (χ1) is 13.0. The third-order valence-electron chi connectivity index (χ3n) is 4.53. The number of amides is 1. The Morgan fingerprint density at radius 3 is 2.74 bits per heavy atom. The molecule has 142 valence electrons. The number of ether oxygens (including phenoxy) is 2. The van der Waals surface area contributed by atoms with E-state index in [4.69, 9.17) is 14.6 Å². The highest BCUT2D eigenvalue weighted by Gasteiger charge is 2.33. The van der Waals surface area contributed by atoms with Crippen molar-refractivity contribution in [3.8, 4) is 5.75 Å². The summed E-state index contributed by atoms with van der Waals surface area (Å²) >= 11 is 0. The predicted molar refractivity (Wildman–Crippen MR) is 101 cm³/mol. The molecule has 2 aromatic rings. The quantitative estimate of drug-likeness (QED) is 0.813. The molecule has 2 atom stereocenters. The molecule has 0 spiro atoms. The van der Waals surface area contributed by atoms with E-state index < -0.39 is 12.6 Å². The number of aryl methyl sites for hydroxylation is 1. The Hall–Kier alpha value is -2.86. The fourth-order valence-corrected chi connectivity index (χ4v) is 3.18. The smallest absolute Gasteiger partial charge is 0.341 e. The number of hydrogen-bond donors (Lipinski definition) is 2. The van der Waals surface area contributed by atoms with Crippen molar-refractivity contribution >= 4 is 17.6 Å². The zero-order valence-electron chi connectivity index (χ0n) is 15.2. The van der Waals surface area contributed by atoms with Crippen LogP contribution in [-0.4, -0.2) is 30.2 Å². The Morgan fingerprint density at radius 1 is 1.22 bits per heavy atom. The number of nitrogens with one attached hydrogen (secondary N) is 1. The van der Waals surface area contributed by atoms with Crippen molar-refractivity contribution in [1.82, 2.24) is 0 Å². The first kappa shape index (κ1) is 18.9. The summed E-state index contributed by atoms with van der Waals surface area (Å²) < 4.78 is 11.1. The summed E-state index contributed by atoms with van der Waals surface area (Å²) in [6.45, 7) is 2.24. The number of carbonyl (C=O) groups is 2. The number of rotatable bonds is 6.